The Morgan fingerprint density at radius 3 is 2.72 bits per heavy atom. The number of halogens is 1. The summed E-state index contributed by atoms with van der Waals surface area (Å²) in [4.78, 5) is 0. The topological polar surface area (TPSA) is 56.0 Å². The quantitative estimate of drug-likeness (QED) is 0.882. The Morgan fingerprint density at radius 1 is 1.33 bits per heavy atom. The van der Waals surface area contributed by atoms with Gasteiger partial charge in [0.25, 0.3) is 0 Å². The molecule has 3 nitrogen and oxygen atoms in total. The van der Waals surface area contributed by atoms with Crippen molar-refractivity contribution in [2.24, 2.45) is 5.92 Å². The Hall–Kier alpha value is -1.24. The molecular formula is C14H17ClN2O. The molecule has 2 rings (SSSR count). The Morgan fingerprint density at radius 2 is 2.06 bits per heavy atom. The molecule has 96 valence electrons. The Kier molecular flexibility index (Phi) is 4.46. The second-order valence-corrected chi connectivity index (χ2v) is 5.29. The average Bonchev–Trinajstić information content (AvgIpc) is 2.38. The number of hydrogen-bond donors (Lipinski definition) is 2. The van der Waals surface area contributed by atoms with Crippen molar-refractivity contribution < 1.29 is 5.11 Å². The van der Waals surface area contributed by atoms with Crippen LogP contribution in [0.25, 0.3) is 0 Å². The van der Waals surface area contributed by atoms with Crippen molar-refractivity contribution in [3.63, 3.8) is 0 Å². The van der Waals surface area contributed by atoms with Gasteiger partial charge in [0.05, 0.1) is 17.4 Å². The van der Waals surface area contributed by atoms with E-state index < -0.39 is 0 Å². The summed E-state index contributed by atoms with van der Waals surface area (Å²) in [5.74, 6) is 0.568. The minimum absolute atomic E-state index is 0.123. The van der Waals surface area contributed by atoms with Gasteiger partial charge in [0.1, 0.15) is 6.07 Å². The maximum Gasteiger partial charge on any atom is 0.101 e. The molecule has 18 heavy (non-hydrogen) atoms. The van der Waals surface area contributed by atoms with Gasteiger partial charge in [-0.05, 0) is 49.8 Å². The smallest absolute Gasteiger partial charge is 0.101 e. The average molecular weight is 265 g/mol. The number of nitrogens with one attached hydrogen (secondary N) is 1. The van der Waals surface area contributed by atoms with E-state index in [-0.39, 0.29) is 6.10 Å². The molecule has 0 aliphatic heterocycles. The SMILES string of the molecule is N#Cc1ccc(Cl)cc1NCC1CCC(O)CC1. The van der Waals surface area contributed by atoms with Gasteiger partial charge >= 0.3 is 0 Å². The summed E-state index contributed by atoms with van der Waals surface area (Å²) in [5, 5.41) is 22.4. The normalized spacial score (nSPS) is 23.4. The molecule has 0 radical (unpaired) electrons. The highest BCUT2D eigenvalue weighted by atomic mass is 35.5. The van der Waals surface area contributed by atoms with Crippen LogP contribution in [-0.4, -0.2) is 17.8 Å². The van der Waals surface area contributed by atoms with E-state index in [4.69, 9.17) is 16.9 Å². The standard InChI is InChI=1S/C14H17ClN2O/c15-12-4-3-11(8-16)14(7-12)17-9-10-1-5-13(18)6-2-10/h3-4,7,10,13,17-18H,1-2,5-6,9H2. The van der Waals surface area contributed by atoms with Crippen LogP contribution in [0.4, 0.5) is 5.69 Å². The number of anilines is 1. The molecule has 0 unspecified atom stereocenters. The van der Waals surface area contributed by atoms with Gasteiger partial charge in [0, 0.05) is 11.6 Å². The van der Waals surface area contributed by atoms with Crippen LogP contribution in [-0.2, 0) is 0 Å². The van der Waals surface area contributed by atoms with Crippen LogP contribution in [0.3, 0.4) is 0 Å². The zero-order chi connectivity index (χ0) is 13.0. The molecule has 0 heterocycles. The zero-order valence-electron chi connectivity index (χ0n) is 10.2. The van der Waals surface area contributed by atoms with E-state index in [1.54, 1.807) is 18.2 Å². The van der Waals surface area contributed by atoms with E-state index in [1.807, 2.05) is 0 Å². The Balaban J connectivity index is 1.94. The lowest BCUT2D eigenvalue weighted by atomic mass is 9.87. The van der Waals surface area contributed by atoms with E-state index in [2.05, 4.69) is 11.4 Å². The molecule has 0 atom stereocenters. The molecule has 2 N–H and O–H groups in total. The molecule has 1 aliphatic carbocycles. The predicted molar refractivity (Wildman–Crippen MR) is 72.6 cm³/mol. The molecule has 1 aromatic rings. The maximum absolute atomic E-state index is 9.45. The van der Waals surface area contributed by atoms with Crippen LogP contribution < -0.4 is 5.32 Å². The van der Waals surface area contributed by atoms with Crippen LogP contribution >= 0.6 is 11.6 Å². The minimum atomic E-state index is -0.123. The van der Waals surface area contributed by atoms with Crippen LogP contribution in [0, 0.1) is 17.2 Å². The highest BCUT2D eigenvalue weighted by Gasteiger charge is 2.19. The highest BCUT2D eigenvalue weighted by molar-refractivity contribution is 6.30. The van der Waals surface area contributed by atoms with Gasteiger partial charge in [-0.25, -0.2) is 0 Å². The number of hydrogen-bond acceptors (Lipinski definition) is 3. The zero-order valence-corrected chi connectivity index (χ0v) is 11.0. The molecule has 4 heteroatoms. The Labute approximate surface area is 112 Å². The van der Waals surface area contributed by atoms with Crippen LogP contribution in [0.2, 0.25) is 5.02 Å². The number of benzene rings is 1. The number of aliphatic hydroxyl groups is 1. The van der Waals surface area contributed by atoms with Gasteiger partial charge in [0.2, 0.25) is 0 Å². The van der Waals surface area contributed by atoms with Gasteiger partial charge in [-0.3, -0.25) is 0 Å². The van der Waals surface area contributed by atoms with Gasteiger partial charge < -0.3 is 10.4 Å². The monoisotopic (exact) mass is 264 g/mol. The fourth-order valence-electron chi connectivity index (χ4n) is 2.36. The lowest BCUT2D eigenvalue weighted by Gasteiger charge is -2.26. The van der Waals surface area contributed by atoms with Crippen LogP contribution in [0.15, 0.2) is 18.2 Å². The largest absolute Gasteiger partial charge is 0.393 e. The van der Waals surface area contributed by atoms with E-state index in [9.17, 15) is 5.11 Å². The third-order valence-electron chi connectivity index (χ3n) is 3.50. The summed E-state index contributed by atoms with van der Waals surface area (Å²) in [5.41, 5.74) is 1.42. The van der Waals surface area contributed by atoms with Crippen LogP contribution in [0.1, 0.15) is 31.2 Å². The third-order valence-corrected chi connectivity index (χ3v) is 3.73. The predicted octanol–water partition coefficient (Wildman–Crippen LogP) is 3.17. The number of nitriles is 1. The lowest BCUT2D eigenvalue weighted by molar-refractivity contribution is 0.111. The van der Waals surface area contributed by atoms with Crippen molar-refractivity contribution in [1.29, 1.82) is 5.26 Å². The second-order valence-electron chi connectivity index (χ2n) is 4.86. The van der Waals surface area contributed by atoms with E-state index >= 15 is 0 Å². The first-order chi connectivity index (χ1) is 8.69. The summed E-state index contributed by atoms with van der Waals surface area (Å²) in [6.45, 7) is 0.835. The molecular weight excluding hydrogens is 248 g/mol. The van der Waals surface area contributed by atoms with Crippen molar-refractivity contribution >= 4 is 17.3 Å². The Bertz CT molecular complexity index is 448. The third kappa shape index (κ3) is 3.38. The molecule has 1 saturated carbocycles. The van der Waals surface area contributed by atoms with Gasteiger partial charge in [-0.1, -0.05) is 11.6 Å². The first-order valence-corrected chi connectivity index (χ1v) is 6.68. The molecule has 0 aromatic heterocycles. The summed E-state index contributed by atoms with van der Waals surface area (Å²) >= 11 is 5.93. The molecule has 0 bridgehead atoms. The van der Waals surface area contributed by atoms with Crippen molar-refractivity contribution in [3.05, 3.63) is 28.8 Å². The minimum Gasteiger partial charge on any atom is -0.393 e. The van der Waals surface area contributed by atoms with Crippen molar-refractivity contribution in [2.75, 3.05) is 11.9 Å². The summed E-state index contributed by atoms with van der Waals surface area (Å²) in [6, 6.07) is 7.40. The summed E-state index contributed by atoms with van der Waals surface area (Å²) < 4.78 is 0. The molecule has 0 spiro atoms. The lowest BCUT2D eigenvalue weighted by Crippen LogP contribution is -2.23. The number of aliphatic hydroxyl groups excluding tert-OH is 1. The second kappa shape index (κ2) is 6.08. The summed E-state index contributed by atoms with van der Waals surface area (Å²) in [7, 11) is 0. The number of nitrogens with zero attached hydrogens (tertiary/aromatic N) is 1. The fourth-order valence-corrected chi connectivity index (χ4v) is 2.54. The summed E-state index contributed by atoms with van der Waals surface area (Å²) in [6.07, 6.45) is 3.72. The maximum atomic E-state index is 9.45. The van der Waals surface area contributed by atoms with Crippen molar-refractivity contribution in [1.82, 2.24) is 0 Å². The fraction of sp³-hybridized carbons (Fsp3) is 0.500. The van der Waals surface area contributed by atoms with Gasteiger partial charge in [-0.2, -0.15) is 5.26 Å². The van der Waals surface area contributed by atoms with Crippen LogP contribution in [0.5, 0.6) is 0 Å². The van der Waals surface area contributed by atoms with Gasteiger partial charge in [0.15, 0.2) is 0 Å². The molecule has 1 aromatic carbocycles. The van der Waals surface area contributed by atoms with Crippen molar-refractivity contribution in [3.8, 4) is 6.07 Å². The number of rotatable bonds is 3. The van der Waals surface area contributed by atoms with E-state index in [1.165, 1.54) is 0 Å². The molecule has 0 saturated heterocycles. The molecule has 1 aliphatic rings. The molecule has 0 amide bonds. The van der Waals surface area contributed by atoms with Gasteiger partial charge in [-0.15, -0.1) is 0 Å². The highest BCUT2D eigenvalue weighted by Crippen LogP contribution is 2.26. The first-order valence-electron chi connectivity index (χ1n) is 6.30. The van der Waals surface area contributed by atoms with E-state index in [0.29, 0.717) is 16.5 Å². The van der Waals surface area contributed by atoms with E-state index in [0.717, 1.165) is 37.9 Å². The molecule has 1 fully saturated rings. The first kappa shape index (κ1) is 13.2. The van der Waals surface area contributed by atoms with Crippen molar-refractivity contribution in [2.45, 2.75) is 31.8 Å².